The standard InChI is InChI=1S/C23H31N3O5.C18H23N3O3.C16H22N2O4.C14H18N2O3.C10H14O.C7H11NO2.C5H6BrNO2.ClH/c1-23(2,3)31-22(30)26-13-11-25(12-14-26)17-7-5-16(6-8-17)21(29)24(4)19-10-9-18(27)15-20(19)28;1-20(16-7-6-15(22)12-17(16)23)18(24)13-2-4-14(5-3-13)21-10-8-19-9-11-21;1-16(2,3)22-15(21)18-10-8-17(9-11-18)13-6-4-12(5-7-13)14(19)20;1-16(12-7-8-13(17)15-14(12)18)9-10-3-5-11(19-2)6-4-10;1-3-4-9-5-7-10(11-2)8-6-9;1-2-5-3-4-6(9)8-7(5)10;6-3-1-2-4(8)7-5(3)9;/h5-8,19H,9-15H2,1-4H3;2-5,16,19H,6-12H2,1H3;4-7H,8-11H2,1-3H3,(H,19,20);3-6,12H,7-9H2,1-2H3,(H,15,17,18);5-8H,3-4H2,1-2H3;5H,2-4H2,1H3,(H,8,9,10);3H,1-2H2,(H,7,8,9);1H. The molecule has 6 heterocycles. The molecule has 5 aromatic rings. The Kier molecular flexibility index (Phi) is 42.0. The first-order chi connectivity index (χ1) is 59.8. The lowest BCUT2D eigenvalue weighted by Crippen LogP contribution is -2.50. The zero-order chi connectivity index (χ0) is 92.5. The van der Waals surface area contributed by atoms with Gasteiger partial charge in [-0.3, -0.25) is 78.4 Å². The predicted octanol–water partition coefficient (Wildman–Crippen LogP) is 10.4. The molecule has 5 aromatic carbocycles. The van der Waals surface area contributed by atoms with E-state index < -0.39 is 29.3 Å². The summed E-state index contributed by atoms with van der Waals surface area (Å²) >= 11 is 3.12. The molecule has 6 saturated heterocycles. The van der Waals surface area contributed by atoms with E-state index in [1.807, 2.05) is 133 Å². The summed E-state index contributed by atoms with van der Waals surface area (Å²) in [5.74, 6) is -0.941. The van der Waals surface area contributed by atoms with E-state index in [1.54, 1.807) is 74.5 Å². The van der Waals surface area contributed by atoms with Crippen molar-refractivity contribution in [2.24, 2.45) is 5.92 Å². The predicted molar refractivity (Wildman–Crippen MR) is 487 cm³/mol. The first-order valence-electron chi connectivity index (χ1n) is 43.0. The van der Waals surface area contributed by atoms with Crippen LogP contribution in [0.4, 0.5) is 26.7 Å². The van der Waals surface area contributed by atoms with Gasteiger partial charge in [0, 0.05) is 165 Å². The molecule has 13 rings (SSSR count). The minimum atomic E-state index is -0.929. The van der Waals surface area contributed by atoms with Crippen LogP contribution in [0.1, 0.15) is 187 Å². The van der Waals surface area contributed by atoms with Gasteiger partial charge in [-0.2, -0.15) is 0 Å². The normalized spacial score (nSPS) is 19.5. The van der Waals surface area contributed by atoms with Gasteiger partial charge in [-0.05, 0) is 202 Å². The Morgan fingerprint density at radius 1 is 0.449 bits per heavy atom. The lowest BCUT2D eigenvalue weighted by Gasteiger charge is -2.36. The monoisotopic (exact) mass is 1840 g/mol. The second-order valence-corrected chi connectivity index (χ2v) is 34.8. The van der Waals surface area contributed by atoms with Crippen molar-refractivity contribution in [3.8, 4) is 11.5 Å². The molecule has 5 N–H and O–H groups in total. The number of piperidine rings is 3. The summed E-state index contributed by atoms with van der Waals surface area (Å²) in [4.78, 5) is 188. The Morgan fingerprint density at radius 3 is 1.16 bits per heavy atom. The van der Waals surface area contributed by atoms with Crippen molar-refractivity contribution in [2.45, 2.75) is 192 Å². The van der Waals surface area contributed by atoms with Crippen LogP contribution < -0.4 is 45.4 Å². The van der Waals surface area contributed by atoms with Crippen molar-refractivity contribution < 1.29 is 96.0 Å². The number of methoxy groups -OCH3 is 2. The van der Waals surface area contributed by atoms with Crippen LogP contribution in [-0.2, 0) is 70.4 Å². The Bertz CT molecular complexity index is 4540. The summed E-state index contributed by atoms with van der Waals surface area (Å²) in [7, 11) is 8.47. The lowest BCUT2D eigenvalue weighted by atomic mass is 9.92. The van der Waals surface area contributed by atoms with Gasteiger partial charge in [-0.1, -0.05) is 60.5 Å². The number of aromatic carboxylic acids is 1. The largest absolute Gasteiger partial charge is 0.497 e. The van der Waals surface area contributed by atoms with Crippen molar-refractivity contribution in [1.82, 2.24) is 45.8 Å². The number of likely N-dealkylation sites (N-methyl/N-ethyl adjacent to an activating group) is 3. The number of rotatable bonds is 16. The number of alkyl halides is 1. The number of carboxylic acids is 1. The molecule has 5 unspecified atom stereocenters. The number of halogens is 2. The van der Waals surface area contributed by atoms with Crippen LogP contribution in [0.3, 0.4) is 0 Å². The number of benzene rings is 5. The van der Waals surface area contributed by atoms with E-state index in [1.165, 1.54) is 21.8 Å². The smallest absolute Gasteiger partial charge is 0.410 e. The molecule has 0 radical (unpaired) electrons. The molecule has 5 atom stereocenters. The number of Topliss-reactive ketones (excluding diaryl/α,β-unsaturated/α-hetero) is 4. The summed E-state index contributed by atoms with van der Waals surface area (Å²) in [5, 5.41) is 19.1. The van der Waals surface area contributed by atoms with E-state index in [4.69, 9.17) is 24.1 Å². The summed E-state index contributed by atoms with van der Waals surface area (Å²) in [6.07, 6.45) is 7.27. The minimum Gasteiger partial charge on any atom is -0.497 e. The molecule has 127 heavy (non-hydrogen) atoms. The van der Waals surface area contributed by atoms with Crippen LogP contribution >= 0.6 is 28.3 Å². The number of carbonyl (C=O) groups is 15. The third-order valence-corrected chi connectivity index (χ3v) is 22.8. The molecule has 32 nitrogen and oxygen atoms in total. The van der Waals surface area contributed by atoms with Crippen LogP contribution in [0.2, 0.25) is 0 Å². The summed E-state index contributed by atoms with van der Waals surface area (Å²) in [6.45, 7) is 24.8. The molecule has 6 aliphatic heterocycles. The van der Waals surface area contributed by atoms with Crippen LogP contribution in [0.5, 0.6) is 11.5 Å². The molecule has 0 aromatic heterocycles. The number of nitrogens with one attached hydrogen (secondary N) is 4. The number of ether oxygens (including phenoxy) is 4. The number of amides is 10. The van der Waals surface area contributed by atoms with Gasteiger partial charge >= 0.3 is 18.2 Å². The summed E-state index contributed by atoms with van der Waals surface area (Å²) < 4.78 is 20.9. The summed E-state index contributed by atoms with van der Waals surface area (Å²) in [5.41, 5.74) is 5.88. The highest BCUT2D eigenvalue weighted by molar-refractivity contribution is 9.10. The number of piperazine rings is 3. The Morgan fingerprint density at radius 2 is 0.811 bits per heavy atom. The maximum absolute atomic E-state index is 12.8. The zero-order valence-corrected chi connectivity index (χ0v) is 77.7. The second-order valence-electron chi connectivity index (χ2n) is 33.7. The van der Waals surface area contributed by atoms with Crippen LogP contribution in [-0.4, -0.2) is 266 Å². The quantitative estimate of drug-likeness (QED) is 0.0348. The fraction of sp³-hybridized carbons (Fsp3) is 0.516. The van der Waals surface area contributed by atoms with Crippen molar-refractivity contribution >= 4 is 134 Å². The highest BCUT2D eigenvalue weighted by atomic mass is 79.9. The molecule has 692 valence electrons. The fourth-order valence-electron chi connectivity index (χ4n) is 14.7. The number of imide groups is 3. The number of ketones is 4. The highest BCUT2D eigenvalue weighted by Gasteiger charge is 2.37. The topological polar surface area (TPSA) is 387 Å². The van der Waals surface area contributed by atoms with Crippen molar-refractivity contribution in [2.75, 3.05) is 129 Å². The van der Waals surface area contributed by atoms with Gasteiger partial charge in [-0.25, -0.2) is 14.4 Å². The molecule has 10 amide bonds. The molecular formula is C93H126BrClN12O20. The van der Waals surface area contributed by atoms with E-state index in [-0.39, 0.29) is 130 Å². The second kappa shape index (κ2) is 51.0. The molecule has 2 aliphatic carbocycles. The maximum atomic E-state index is 12.8. The molecule has 2 saturated carbocycles. The first kappa shape index (κ1) is 105. The molecule has 8 fully saturated rings. The van der Waals surface area contributed by atoms with Crippen LogP contribution in [0, 0.1) is 5.92 Å². The number of hydrogen-bond acceptors (Lipinski definition) is 24. The van der Waals surface area contributed by atoms with Crippen molar-refractivity contribution in [1.29, 1.82) is 0 Å². The third-order valence-electron chi connectivity index (χ3n) is 21.9. The number of anilines is 3. The van der Waals surface area contributed by atoms with Gasteiger partial charge in [0.2, 0.25) is 35.4 Å². The third kappa shape index (κ3) is 34.2. The fourth-order valence-corrected chi connectivity index (χ4v) is 15.0. The van der Waals surface area contributed by atoms with Gasteiger partial charge in [0.25, 0.3) is 11.8 Å². The average Bonchev–Trinajstić information content (AvgIpc) is 0.827. The summed E-state index contributed by atoms with van der Waals surface area (Å²) in [6, 6.07) is 36.3. The van der Waals surface area contributed by atoms with E-state index >= 15 is 0 Å². The lowest BCUT2D eigenvalue weighted by molar-refractivity contribution is -0.138. The number of carboxylic acid groups (broad SMARTS) is 1. The number of hydrogen-bond donors (Lipinski definition) is 5. The molecule has 0 bridgehead atoms. The van der Waals surface area contributed by atoms with Gasteiger partial charge in [0.05, 0.1) is 55.6 Å². The molecular weight excluding hydrogens is 1720 g/mol. The SMILES string of the molecule is CC(C)(C)OC(=O)N1CCN(c2ccc(C(=O)O)cc2)CC1.CCC1CCC(=O)NC1=O.CCCc1ccc(OC)cc1.CN(C(=O)c1ccc(N2CCN(C(=O)OC(C)(C)C)CC2)cc1)C1CCC(=O)CC1=O.CN(C(=O)c1ccc(N2CCNCC2)cc1)C1CCC(=O)CC1=O.COc1ccc(CN(C)C2CCC(=O)NC2=O)cc1.Cl.O=C1CCC(Br)C(=O)N1. The number of nitrogens with zero attached hydrogens (tertiary/aromatic N) is 8. The van der Waals surface area contributed by atoms with E-state index in [9.17, 15) is 71.9 Å². The molecule has 0 spiro atoms. The number of carbonyl (C=O) groups excluding carboxylic acids is 14. The Balaban J connectivity index is 0.000000237. The average molecular weight is 1850 g/mol. The Hall–Kier alpha value is -11.2. The number of aryl methyl sites for hydroxylation is 1. The van der Waals surface area contributed by atoms with Gasteiger partial charge in [0.15, 0.2) is 11.6 Å². The van der Waals surface area contributed by atoms with E-state index in [0.717, 1.165) is 79.6 Å². The van der Waals surface area contributed by atoms with Gasteiger partial charge in [-0.15, -0.1) is 12.4 Å². The van der Waals surface area contributed by atoms with Gasteiger partial charge in [0.1, 0.15) is 34.3 Å². The van der Waals surface area contributed by atoms with E-state index in [2.05, 4.69) is 71.0 Å². The Labute approximate surface area is 759 Å². The van der Waals surface area contributed by atoms with Crippen molar-refractivity contribution in [3.63, 3.8) is 0 Å². The first-order valence-corrected chi connectivity index (χ1v) is 43.9. The zero-order valence-electron chi connectivity index (χ0n) is 75.3. The van der Waals surface area contributed by atoms with Crippen LogP contribution in [0.25, 0.3) is 0 Å². The van der Waals surface area contributed by atoms with Crippen molar-refractivity contribution in [3.05, 3.63) is 149 Å². The highest BCUT2D eigenvalue weighted by Crippen LogP contribution is 2.27. The maximum Gasteiger partial charge on any atom is 0.410 e. The minimum absolute atomic E-state index is 0. The molecule has 8 aliphatic rings. The van der Waals surface area contributed by atoms with Crippen LogP contribution in [0.15, 0.2) is 121 Å². The van der Waals surface area contributed by atoms with E-state index in [0.29, 0.717) is 128 Å². The molecule has 34 heteroatoms. The van der Waals surface area contributed by atoms with Gasteiger partial charge < -0.3 is 63.7 Å².